The van der Waals surface area contributed by atoms with Gasteiger partial charge in [-0.05, 0) is 43.5 Å². The maximum Gasteiger partial charge on any atom is 0.128 e. The Kier molecular flexibility index (Phi) is 32.6. The number of ether oxygens (including phenoxy) is 2. The number of benzene rings is 2. The predicted molar refractivity (Wildman–Crippen MR) is 251 cm³/mol. The summed E-state index contributed by atoms with van der Waals surface area (Å²) in [6.07, 6.45) is 44.6. The van der Waals surface area contributed by atoms with E-state index in [9.17, 15) is 10.2 Å². The van der Waals surface area contributed by atoms with E-state index >= 15 is 0 Å². The summed E-state index contributed by atoms with van der Waals surface area (Å²) in [4.78, 5) is 9.26. The van der Waals surface area contributed by atoms with Crippen LogP contribution < -0.4 is 9.47 Å². The fourth-order valence-electron chi connectivity index (χ4n) is 7.51. The molecule has 0 fully saturated rings. The third kappa shape index (κ3) is 27.6. The van der Waals surface area contributed by atoms with E-state index in [0.29, 0.717) is 42.4 Å². The van der Waals surface area contributed by atoms with Crippen molar-refractivity contribution < 1.29 is 19.7 Å². The zero-order valence-electron chi connectivity index (χ0n) is 37.8. The van der Waals surface area contributed by atoms with E-state index in [0.717, 1.165) is 19.3 Å². The molecule has 0 aliphatic heterocycles. The predicted octanol–water partition coefficient (Wildman–Crippen LogP) is 15.9. The molecule has 2 rings (SSSR count). The van der Waals surface area contributed by atoms with Crippen LogP contribution in [0.4, 0.5) is 0 Å². The summed E-state index contributed by atoms with van der Waals surface area (Å²) in [5.74, 6) is 1.72. The fraction of sp³-hybridized carbons (Fsp3) is 0.731. The molecule has 330 valence electrons. The van der Waals surface area contributed by atoms with Crippen molar-refractivity contribution in [2.24, 2.45) is 9.98 Å². The van der Waals surface area contributed by atoms with Crippen LogP contribution in [-0.2, 0) is 0 Å². The highest BCUT2D eigenvalue weighted by molar-refractivity contribution is 5.84. The Bertz CT molecular complexity index is 1290. The minimum Gasteiger partial charge on any atom is -0.507 e. The number of rotatable bonds is 40. The van der Waals surface area contributed by atoms with Crippen molar-refractivity contribution in [2.75, 3.05) is 19.8 Å². The average Bonchev–Trinajstić information content (AvgIpc) is 3.23. The van der Waals surface area contributed by atoms with E-state index in [1.165, 1.54) is 180 Å². The first kappa shape index (κ1) is 51.1. The third-order valence-electron chi connectivity index (χ3n) is 11.5. The summed E-state index contributed by atoms with van der Waals surface area (Å²) in [7, 11) is 0. The van der Waals surface area contributed by atoms with Crippen LogP contribution >= 0.6 is 0 Å². The number of hydrogen-bond donors (Lipinski definition) is 2. The molecule has 0 aliphatic carbocycles. The number of aromatic hydroxyl groups is 2. The lowest BCUT2D eigenvalue weighted by Gasteiger charge is -2.09. The van der Waals surface area contributed by atoms with Crippen LogP contribution in [0.1, 0.15) is 231 Å². The van der Waals surface area contributed by atoms with Crippen LogP contribution in [0, 0.1) is 0 Å². The second kappa shape index (κ2) is 37.0. The zero-order valence-corrected chi connectivity index (χ0v) is 37.8. The van der Waals surface area contributed by atoms with Gasteiger partial charge in [-0.2, -0.15) is 0 Å². The van der Waals surface area contributed by atoms with Crippen molar-refractivity contribution in [3.8, 4) is 23.0 Å². The molecule has 2 aromatic rings. The molecule has 0 saturated carbocycles. The normalized spacial score (nSPS) is 12.3. The van der Waals surface area contributed by atoms with Crippen molar-refractivity contribution in [1.29, 1.82) is 0 Å². The summed E-state index contributed by atoms with van der Waals surface area (Å²) in [5.41, 5.74) is 1.33. The number of hydrogen-bond acceptors (Lipinski definition) is 6. The first-order valence-electron chi connectivity index (χ1n) is 24.5. The second-order valence-electron chi connectivity index (χ2n) is 16.9. The Hall–Kier alpha value is -3.02. The van der Waals surface area contributed by atoms with E-state index in [1.807, 2.05) is 24.3 Å². The van der Waals surface area contributed by atoms with Crippen LogP contribution in [0.5, 0.6) is 23.0 Å². The SMILES string of the molecule is CCCCCCCCCCCCCCCCCOc1ccc(C=NCC(CC)N=Cc2ccc(OCCCCCCCCCCCCCCCCC)cc2O)c(O)c1. The van der Waals surface area contributed by atoms with Gasteiger partial charge in [0.25, 0.3) is 0 Å². The van der Waals surface area contributed by atoms with Gasteiger partial charge in [0.1, 0.15) is 23.0 Å². The monoisotopic (exact) mass is 805 g/mol. The topological polar surface area (TPSA) is 83.6 Å². The third-order valence-corrected chi connectivity index (χ3v) is 11.5. The lowest BCUT2D eigenvalue weighted by molar-refractivity contribution is 0.302. The smallest absolute Gasteiger partial charge is 0.128 e. The zero-order chi connectivity index (χ0) is 41.6. The first-order valence-corrected chi connectivity index (χ1v) is 24.5. The molecule has 0 radical (unpaired) electrons. The summed E-state index contributed by atoms with van der Waals surface area (Å²) in [5, 5.41) is 21.2. The van der Waals surface area contributed by atoms with Crippen LogP contribution in [-0.4, -0.2) is 48.4 Å². The highest BCUT2D eigenvalue weighted by Gasteiger charge is 2.07. The van der Waals surface area contributed by atoms with Gasteiger partial charge in [-0.3, -0.25) is 9.98 Å². The van der Waals surface area contributed by atoms with Crippen LogP contribution in [0.25, 0.3) is 0 Å². The number of nitrogens with zero attached hydrogens (tertiary/aromatic N) is 2. The van der Waals surface area contributed by atoms with Gasteiger partial charge in [0.05, 0.1) is 25.8 Å². The van der Waals surface area contributed by atoms with Gasteiger partial charge in [-0.15, -0.1) is 0 Å². The summed E-state index contributed by atoms with van der Waals surface area (Å²) < 4.78 is 11.8. The molecule has 6 heteroatoms. The highest BCUT2D eigenvalue weighted by atomic mass is 16.5. The molecule has 0 aliphatic rings. The molecule has 2 N–H and O–H groups in total. The summed E-state index contributed by atoms with van der Waals surface area (Å²) >= 11 is 0. The first-order chi connectivity index (χ1) is 28.6. The van der Waals surface area contributed by atoms with Crippen LogP contribution in [0.3, 0.4) is 0 Å². The van der Waals surface area contributed by atoms with Gasteiger partial charge >= 0.3 is 0 Å². The molecular weight excluding hydrogens is 717 g/mol. The quantitative estimate of drug-likeness (QED) is 0.0519. The molecule has 0 bridgehead atoms. The molecule has 58 heavy (non-hydrogen) atoms. The van der Waals surface area contributed by atoms with Crippen molar-refractivity contribution in [3.05, 3.63) is 47.5 Å². The van der Waals surface area contributed by atoms with E-state index in [1.54, 1.807) is 24.6 Å². The molecule has 0 heterocycles. The minimum absolute atomic E-state index is 0.0312. The molecule has 1 unspecified atom stereocenters. The van der Waals surface area contributed by atoms with E-state index in [4.69, 9.17) is 9.47 Å². The van der Waals surface area contributed by atoms with Crippen LogP contribution in [0.2, 0.25) is 0 Å². The van der Waals surface area contributed by atoms with Gasteiger partial charge < -0.3 is 19.7 Å². The lowest BCUT2D eigenvalue weighted by Crippen LogP contribution is -2.08. The van der Waals surface area contributed by atoms with Crippen LogP contribution in [0.15, 0.2) is 46.4 Å². The standard InChI is InChI=1S/C52H88N2O4/c1-4-7-9-11-13-15-17-19-21-23-25-27-29-31-33-39-57-49-37-35-46(51(55)41-49)43-53-45-48(6-3)54-44-47-36-38-50(42-52(47)56)58-40-34-32-30-28-26-24-22-20-18-16-14-12-10-8-5-2/h35-38,41-44,48,55-56H,4-34,39-40,45H2,1-3H3. The highest BCUT2D eigenvalue weighted by Crippen LogP contribution is 2.25. The Morgan fingerprint density at radius 1 is 0.448 bits per heavy atom. The molecule has 6 nitrogen and oxygen atoms in total. The maximum atomic E-state index is 10.6. The molecule has 0 spiro atoms. The van der Waals surface area contributed by atoms with Gasteiger partial charge in [-0.1, -0.05) is 201 Å². The van der Waals surface area contributed by atoms with Gasteiger partial charge in [0.2, 0.25) is 0 Å². The molecule has 0 saturated heterocycles. The molecular formula is C52H88N2O4. The Balaban J connectivity index is 1.53. The molecule has 0 aromatic heterocycles. The largest absolute Gasteiger partial charge is 0.507 e. The maximum absolute atomic E-state index is 10.6. The van der Waals surface area contributed by atoms with Gasteiger partial charge in [-0.25, -0.2) is 0 Å². The lowest BCUT2D eigenvalue weighted by atomic mass is 10.0. The van der Waals surface area contributed by atoms with Gasteiger partial charge in [0, 0.05) is 35.7 Å². The number of unbranched alkanes of at least 4 members (excludes halogenated alkanes) is 28. The Morgan fingerprint density at radius 3 is 1.10 bits per heavy atom. The van der Waals surface area contributed by atoms with Crippen molar-refractivity contribution in [3.63, 3.8) is 0 Å². The average molecular weight is 805 g/mol. The Morgan fingerprint density at radius 2 is 0.776 bits per heavy atom. The minimum atomic E-state index is -0.0312. The van der Waals surface area contributed by atoms with E-state index < -0.39 is 0 Å². The molecule has 0 amide bonds. The van der Waals surface area contributed by atoms with Crippen molar-refractivity contribution >= 4 is 12.4 Å². The number of phenols is 2. The van der Waals surface area contributed by atoms with Crippen molar-refractivity contribution in [1.82, 2.24) is 0 Å². The summed E-state index contributed by atoms with van der Waals surface area (Å²) in [6.45, 7) is 8.48. The van der Waals surface area contributed by atoms with E-state index in [-0.39, 0.29) is 17.5 Å². The number of phenolic OH excluding ortho intramolecular Hbond substituents is 2. The second-order valence-corrected chi connectivity index (χ2v) is 16.9. The molecule has 2 aromatic carbocycles. The Labute approximate surface area is 357 Å². The summed E-state index contributed by atoms with van der Waals surface area (Å²) in [6, 6.07) is 10.9. The van der Waals surface area contributed by atoms with Gasteiger partial charge in [0.15, 0.2) is 0 Å². The van der Waals surface area contributed by atoms with E-state index in [2.05, 4.69) is 30.8 Å². The number of aliphatic imine (C=N–C) groups is 2. The fourth-order valence-corrected chi connectivity index (χ4v) is 7.51. The molecule has 1 atom stereocenters. The van der Waals surface area contributed by atoms with Crippen molar-refractivity contribution in [2.45, 2.75) is 226 Å².